The van der Waals surface area contributed by atoms with E-state index >= 15 is 0 Å². The molecule has 2 N–H and O–H groups in total. The molecule has 2 aliphatic rings. The first-order chi connectivity index (χ1) is 12.9. The van der Waals surface area contributed by atoms with E-state index in [4.69, 9.17) is 4.74 Å². The predicted molar refractivity (Wildman–Crippen MR) is 101 cm³/mol. The van der Waals surface area contributed by atoms with Crippen molar-refractivity contribution in [3.8, 4) is 0 Å². The molecule has 27 heavy (non-hydrogen) atoms. The highest BCUT2D eigenvalue weighted by Gasteiger charge is 2.52. The smallest absolute Gasteiger partial charge is 0.331 e. The molecule has 1 fully saturated rings. The molecule has 0 amide bonds. The van der Waals surface area contributed by atoms with Crippen LogP contribution in [0.1, 0.15) is 38.2 Å². The minimum Gasteiger partial charge on any atom is -0.481 e. The van der Waals surface area contributed by atoms with Gasteiger partial charge in [0.05, 0.1) is 12.0 Å². The number of hydrogen-bond acceptors (Lipinski definition) is 3. The zero-order valence-electron chi connectivity index (χ0n) is 15.6. The van der Waals surface area contributed by atoms with Gasteiger partial charge < -0.3 is 14.9 Å². The Bertz CT molecular complexity index is 760. The van der Waals surface area contributed by atoms with Gasteiger partial charge in [0.15, 0.2) is 0 Å². The van der Waals surface area contributed by atoms with Gasteiger partial charge in [0.2, 0.25) is 0 Å². The van der Waals surface area contributed by atoms with Gasteiger partial charge in [0, 0.05) is 18.1 Å². The van der Waals surface area contributed by atoms with Crippen molar-refractivity contribution in [3.05, 3.63) is 59.2 Å². The highest BCUT2D eigenvalue weighted by Crippen LogP contribution is 2.51. The SMILES string of the molecule is CC1=CC=C(C(=O)O)C(CC2CC2)C1(CCOCc1ccccc1)C(=O)O. The van der Waals surface area contributed by atoms with E-state index in [1.807, 2.05) is 30.3 Å². The molecule has 0 bridgehead atoms. The number of benzene rings is 1. The van der Waals surface area contributed by atoms with Crippen LogP contribution in [0.3, 0.4) is 0 Å². The summed E-state index contributed by atoms with van der Waals surface area (Å²) in [6, 6.07) is 9.71. The van der Waals surface area contributed by atoms with Crippen molar-refractivity contribution in [2.75, 3.05) is 6.61 Å². The monoisotopic (exact) mass is 370 g/mol. The Hall–Kier alpha value is -2.40. The fraction of sp³-hybridized carbons (Fsp3) is 0.455. The quantitative estimate of drug-likeness (QED) is 0.641. The highest BCUT2D eigenvalue weighted by atomic mass is 16.5. The Morgan fingerprint density at radius 3 is 2.44 bits per heavy atom. The van der Waals surface area contributed by atoms with Crippen molar-refractivity contribution >= 4 is 11.9 Å². The average molecular weight is 370 g/mol. The Morgan fingerprint density at radius 2 is 1.85 bits per heavy atom. The Morgan fingerprint density at radius 1 is 1.15 bits per heavy atom. The molecule has 0 heterocycles. The maximum absolute atomic E-state index is 12.4. The second-order valence-corrected chi connectivity index (χ2v) is 7.57. The lowest BCUT2D eigenvalue weighted by Gasteiger charge is -2.41. The molecule has 3 rings (SSSR count). The number of ether oxygens (including phenoxy) is 1. The molecule has 0 saturated heterocycles. The molecule has 0 radical (unpaired) electrons. The largest absolute Gasteiger partial charge is 0.481 e. The molecular formula is C22H26O5. The van der Waals surface area contributed by atoms with Gasteiger partial charge in [-0.3, -0.25) is 4.79 Å². The molecule has 0 spiro atoms. The number of carboxylic acid groups (broad SMARTS) is 2. The van der Waals surface area contributed by atoms with Gasteiger partial charge in [0.1, 0.15) is 0 Å². The summed E-state index contributed by atoms with van der Waals surface area (Å²) in [6.45, 7) is 2.47. The van der Waals surface area contributed by atoms with Crippen LogP contribution in [-0.2, 0) is 20.9 Å². The van der Waals surface area contributed by atoms with Crippen LogP contribution in [0.25, 0.3) is 0 Å². The van der Waals surface area contributed by atoms with Crippen LogP contribution in [0.4, 0.5) is 0 Å². The van der Waals surface area contributed by atoms with E-state index in [0.717, 1.165) is 18.4 Å². The minimum atomic E-state index is -1.22. The molecule has 1 aromatic rings. The lowest BCUT2D eigenvalue weighted by atomic mass is 9.61. The molecule has 2 unspecified atom stereocenters. The standard InChI is InChI=1S/C22H26O5/c1-15-7-10-18(20(23)24)19(13-16-8-9-16)22(15,21(25)26)11-12-27-14-17-5-3-2-4-6-17/h2-7,10,16,19H,8-9,11-14H2,1H3,(H,23,24)(H,25,26). The van der Waals surface area contributed by atoms with Gasteiger partial charge in [-0.15, -0.1) is 0 Å². The maximum Gasteiger partial charge on any atom is 0.331 e. The molecule has 144 valence electrons. The van der Waals surface area contributed by atoms with E-state index in [2.05, 4.69) is 0 Å². The van der Waals surface area contributed by atoms with E-state index in [-0.39, 0.29) is 18.6 Å². The van der Waals surface area contributed by atoms with Crippen molar-refractivity contribution in [3.63, 3.8) is 0 Å². The van der Waals surface area contributed by atoms with E-state index in [9.17, 15) is 19.8 Å². The summed E-state index contributed by atoms with van der Waals surface area (Å²) in [6.07, 6.45) is 6.20. The van der Waals surface area contributed by atoms with Crippen molar-refractivity contribution in [2.24, 2.45) is 17.3 Å². The topological polar surface area (TPSA) is 83.8 Å². The van der Waals surface area contributed by atoms with Crippen LogP contribution in [-0.4, -0.2) is 28.8 Å². The summed E-state index contributed by atoms with van der Waals surface area (Å²) in [4.78, 5) is 24.2. The molecule has 0 aliphatic heterocycles. The Labute approximate surface area is 159 Å². The lowest BCUT2D eigenvalue weighted by Crippen LogP contribution is -2.44. The molecular weight excluding hydrogens is 344 g/mol. The summed E-state index contributed by atoms with van der Waals surface area (Å²) in [5, 5.41) is 19.8. The second kappa shape index (κ2) is 8.09. The van der Waals surface area contributed by atoms with E-state index in [1.54, 1.807) is 19.1 Å². The van der Waals surface area contributed by atoms with Gasteiger partial charge in [-0.2, -0.15) is 0 Å². The number of carbonyl (C=O) groups is 2. The third-order valence-corrected chi connectivity index (χ3v) is 5.83. The van der Waals surface area contributed by atoms with Crippen LogP contribution >= 0.6 is 0 Å². The van der Waals surface area contributed by atoms with Crippen LogP contribution in [0, 0.1) is 17.3 Å². The zero-order valence-corrected chi connectivity index (χ0v) is 15.6. The zero-order chi connectivity index (χ0) is 19.4. The van der Waals surface area contributed by atoms with Crippen molar-refractivity contribution in [1.82, 2.24) is 0 Å². The first-order valence-corrected chi connectivity index (χ1v) is 9.42. The predicted octanol–water partition coefficient (Wildman–Crippen LogP) is 4.05. The van der Waals surface area contributed by atoms with Gasteiger partial charge in [-0.25, -0.2) is 4.79 Å². The van der Waals surface area contributed by atoms with Crippen LogP contribution in [0.2, 0.25) is 0 Å². The molecule has 2 aliphatic carbocycles. The van der Waals surface area contributed by atoms with E-state index in [1.165, 1.54) is 0 Å². The average Bonchev–Trinajstić information content (AvgIpc) is 3.45. The number of carboxylic acids is 2. The minimum absolute atomic E-state index is 0.206. The van der Waals surface area contributed by atoms with Crippen molar-refractivity contribution < 1.29 is 24.5 Å². The number of allylic oxidation sites excluding steroid dienone is 2. The molecule has 1 saturated carbocycles. The Balaban J connectivity index is 1.78. The lowest BCUT2D eigenvalue weighted by molar-refractivity contribution is -0.151. The summed E-state index contributed by atoms with van der Waals surface area (Å²) in [5.74, 6) is -2.09. The van der Waals surface area contributed by atoms with Crippen LogP contribution < -0.4 is 0 Å². The highest BCUT2D eigenvalue weighted by molar-refractivity contribution is 5.91. The Kier molecular flexibility index (Phi) is 5.80. The molecule has 2 atom stereocenters. The second-order valence-electron chi connectivity index (χ2n) is 7.57. The number of aliphatic carboxylic acids is 2. The molecule has 5 nitrogen and oxygen atoms in total. The summed E-state index contributed by atoms with van der Waals surface area (Å²) >= 11 is 0. The van der Waals surface area contributed by atoms with Crippen LogP contribution in [0.5, 0.6) is 0 Å². The maximum atomic E-state index is 12.4. The number of rotatable bonds is 9. The van der Waals surface area contributed by atoms with E-state index < -0.39 is 23.3 Å². The molecule has 1 aromatic carbocycles. The van der Waals surface area contributed by atoms with Gasteiger partial charge >= 0.3 is 11.9 Å². The molecule has 0 aromatic heterocycles. The fourth-order valence-corrected chi connectivity index (χ4v) is 4.05. The fourth-order valence-electron chi connectivity index (χ4n) is 4.05. The van der Waals surface area contributed by atoms with Crippen LogP contribution in [0.15, 0.2) is 53.6 Å². The number of hydrogen-bond donors (Lipinski definition) is 2. The van der Waals surface area contributed by atoms with Crippen molar-refractivity contribution in [1.29, 1.82) is 0 Å². The summed E-state index contributed by atoms with van der Waals surface area (Å²) < 4.78 is 5.75. The first-order valence-electron chi connectivity index (χ1n) is 9.42. The third-order valence-electron chi connectivity index (χ3n) is 5.83. The van der Waals surface area contributed by atoms with Gasteiger partial charge in [-0.1, -0.05) is 60.9 Å². The summed E-state index contributed by atoms with van der Waals surface area (Å²) in [5.41, 5.74) is 0.715. The first kappa shape index (κ1) is 19.4. The third kappa shape index (κ3) is 4.14. The normalized spacial score (nSPS) is 24.9. The van der Waals surface area contributed by atoms with Gasteiger partial charge in [-0.05, 0) is 31.2 Å². The summed E-state index contributed by atoms with van der Waals surface area (Å²) in [7, 11) is 0. The van der Waals surface area contributed by atoms with Crippen molar-refractivity contribution in [2.45, 2.75) is 39.2 Å². The van der Waals surface area contributed by atoms with E-state index in [0.29, 0.717) is 24.5 Å². The molecule has 5 heteroatoms. The van der Waals surface area contributed by atoms with Gasteiger partial charge in [0.25, 0.3) is 0 Å².